The van der Waals surface area contributed by atoms with E-state index in [9.17, 15) is 4.39 Å². The lowest BCUT2D eigenvalue weighted by Gasteiger charge is -2.12. The molecular formula is C20H16ClFN2. The van der Waals surface area contributed by atoms with Crippen LogP contribution in [0.1, 0.15) is 11.1 Å². The molecule has 0 aliphatic carbocycles. The number of benzene rings is 3. The summed E-state index contributed by atoms with van der Waals surface area (Å²) in [5, 5.41) is 11.4. The number of aryl methyl sites for hydroxylation is 1. The molecule has 3 aromatic carbocycles. The van der Waals surface area contributed by atoms with Gasteiger partial charge in [-0.2, -0.15) is 0 Å². The third-order valence-electron chi connectivity index (χ3n) is 3.84. The minimum atomic E-state index is -0.312. The molecule has 0 fully saturated rings. The largest absolute Gasteiger partial charge is 0.355 e. The van der Waals surface area contributed by atoms with Gasteiger partial charge in [-0.25, -0.2) is 4.39 Å². The van der Waals surface area contributed by atoms with Crippen molar-refractivity contribution in [2.75, 3.05) is 5.32 Å². The maximum absolute atomic E-state index is 13.6. The second-order valence-electron chi connectivity index (χ2n) is 5.52. The van der Waals surface area contributed by atoms with Gasteiger partial charge in [0.15, 0.2) is 0 Å². The Bertz CT molecular complexity index is 889. The highest BCUT2D eigenvalue weighted by Gasteiger charge is 2.07. The average Bonchev–Trinajstić information content (AvgIpc) is 2.59. The van der Waals surface area contributed by atoms with Crippen molar-refractivity contribution in [2.45, 2.75) is 6.92 Å². The van der Waals surface area contributed by atoms with Gasteiger partial charge in [0.1, 0.15) is 5.82 Å². The van der Waals surface area contributed by atoms with Crippen LogP contribution >= 0.6 is 11.6 Å². The normalized spacial score (nSPS) is 10.5. The molecule has 0 unspecified atom stereocenters. The highest BCUT2D eigenvalue weighted by atomic mass is 35.5. The van der Waals surface area contributed by atoms with Crippen molar-refractivity contribution < 1.29 is 4.39 Å². The smallest absolute Gasteiger partial charge is 0.126 e. The number of hydrogen-bond acceptors (Lipinski definition) is 2. The molecule has 0 atom stereocenters. The summed E-state index contributed by atoms with van der Waals surface area (Å²) < 4.78 is 13.6. The molecule has 2 N–H and O–H groups in total. The molecule has 3 aromatic rings. The van der Waals surface area contributed by atoms with Gasteiger partial charge >= 0.3 is 0 Å². The fraction of sp³-hybridized carbons (Fsp3) is 0.0500. The van der Waals surface area contributed by atoms with Crippen molar-refractivity contribution in [3.05, 3.63) is 82.6 Å². The van der Waals surface area contributed by atoms with Gasteiger partial charge in [0, 0.05) is 33.7 Å². The number of halogens is 2. The third kappa shape index (κ3) is 3.31. The Morgan fingerprint density at radius 3 is 2.42 bits per heavy atom. The molecule has 0 saturated carbocycles. The van der Waals surface area contributed by atoms with Gasteiger partial charge in [-0.05, 0) is 48.4 Å². The van der Waals surface area contributed by atoms with Crippen LogP contribution in [0.25, 0.3) is 11.1 Å². The van der Waals surface area contributed by atoms with Crippen LogP contribution in [0.2, 0.25) is 5.02 Å². The highest BCUT2D eigenvalue weighted by Crippen LogP contribution is 2.29. The summed E-state index contributed by atoms with van der Waals surface area (Å²) in [6.45, 7) is 1.70. The Kier molecular flexibility index (Phi) is 4.63. The van der Waals surface area contributed by atoms with Crippen LogP contribution < -0.4 is 5.32 Å². The number of anilines is 2. The van der Waals surface area contributed by atoms with E-state index in [0.29, 0.717) is 21.8 Å². The fourth-order valence-corrected chi connectivity index (χ4v) is 2.75. The van der Waals surface area contributed by atoms with E-state index in [1.807, 2.05) is 48.5 Å². The summed E-state index contributed by atoms with van der Waals surface area (Å²) in [6, 6.07) is 18.6. The summed E-state index contributed by atoms with van der Waals surface area (Å²) in [5.74, 6) is -0.312. The van der Waals surface area contributed by atoms with E-state index in [1.165, 1.54) is 6.07 Å². The van der Waals surface area contributed by atoms with Gasteiger partial charge in [0.25, 0.3) is 0 Å². The lowest BCUT2D eigenvalue weighted by Crippen LogP contribution is -1.98. The van der Waals surface area contributed by atoms with Crippen molar-refractivity contribution >= 4 is 29.2 Å². The molecule has 24 heavy (non-hydrogen) atoms. The summed E-state index contributed by atoms with van der Waals surface area (Å²) in [6.07, 6.45) is 1.14. The van der Waals surface area contributed by atoms with Gasteiger partial charge in [0.05, 0.1) is 0 Å². The van der Waals surface area contributed by atoms with Crippen LogP contribution in [0.4, 0.5) is 15.8 Å². The summed E-state index contributed by atoms with van der Waals surface area (Å²) in [5.41, 5.74) is 4.61. The molecule has 0 saturated heterocycles. The zero-order valence-corrected chi connectivity index (χ0v) is 13.9. The predicted molar refractivity (Wildman–Crippen MR) is 99.2 cm³/mol. The molecule has 0 aliphatic heterocycles. The van der Waals surface area contributed by atoms with Crippen LogP contribution in [0.15, 0.2) is 60.7 Å². The lowest BCUT2D eigenvalue weighted by atomic mass is 10.0. The average molecular weight is 339 g/mol. The molecule has 0 amide bonds. The van der Waals surface area contributed by atoms with Crippen molar-refractivity contribution in [1.82, 2.24) is 0 Å². The number of hydrogen-bond donors (Lipinski definition) is 2. The summed E-state index contributed by atoms with van der Waals surface area (Å²) in [4.78, 5) is 0. The summed E-state index contributed by atoms with van der Waals surface area (Å²) >= 11 is 6.22. The molecular weight excluding hydrogens is 323 g/mol. The first-order chi connectivity index (χ1) is 11.6. The topological polar surface area (TPSA) is 35.9 Å². The predicted octanol–water partition coefficient (Wildman–Crippen LogP) is 6.20. The van der Waals surface area contributed by atoms with E-state index >= 15 is 0 Å². The maximum atomic E-state index is 13.6. The first-order valence-corrected chi connectivity index (χ1v) is 7.89. The highest BCUT2D eigenvalue weighted by molar-refractivity contribution is 6.33. The molecule has 0 bridgehead atoms. The molecule has 2 nitrogen and oxygen atoms in total. The summed E-state index contributed by atoms with van der Waals surface area (Å²) in [7, 11) is 0. The van der Waals surface area contributed by atoms with Crippen LogP contribution in [-0.2, 0) is 0 Å². The fourth-order valence-electron chi connectivity index (χ4n) is 2.51. The Balaban J connectivity index is 1.89. The number of rotatable bonds is 4. The zero-order chi connectivity index (χ0) is 17.1. The van der Waals surface area contributed by atoms with Crippen molar-refractivity contribution in [1.29, 1.82) is 5.41 Å². The van der Waals surface area contributed by atoms with Gasteiger partial charge in [-0.3, -0.25) is 0 Å². The van der Waals surface area contributed by atoms with Gasteiger partial charge < -0.3 is 10.7 Å². The van der Waals surface area contributed by atoms with Crippen LogP contribution in [-0.4, -0.2) is 6.21 Å². The maximum Gasteiger partial charge on any atom is 0.126 e. The van der Waals surface area contributed by atoms with Crippen LogP contribution in [0, 0.1) is 18.2 Å². The van der Waals surface area contributed by atoms with Gasteiger partial charge in [-0.1, -0.05) is 41.9 Å². The van der Waals surface area contributed by atoms with E-state index < -0.39 is 0 Å². The van der Waals surface area contributed by atoms with Crippen molar-refractivity contribution in [3.63, 3.8) is 0 Å². The van der Waals surface area contributed by atoms with E-state index in [2.05, 4.69) is 5.32 Å². The van der Waals surface area contributed by atoms with Crippen LogP contribution in [0.3, 0.4) is 0 Å². The van der Waals surface area contributed by atoms with Gasteiger partial charge in [-0.15, -0.1) is 0 Å². The van der Waals surface area contributed by atoms with E-state index in [1.54, 1.807) is 13.0 Å². The van der Waals surface area contributed by atoms with Crippen LogP contribution in [0.5, 0.6) is 0 Å². The molecule has 0 heterocycles. The van der Waals surface area contributed by atoms with E-state index in [-0.39, 0.29) is 5.82 Å². The Labute approximate surface area is 145 Å². The molecule has 0 radical (unpaired) electrons. The van der Waals surface area contributed by atoms with E-state index in [0.717, 1.165) is 23.0 Å². The Morgan fingerprint density at radius 2 is 1.75 bits per heavy atom. The third-order valence-corrected chi connectivity index (χ3v) is 4.16. The SMILES string of the molecule is Cc1cc(Nc2ccc(-c3ccccc3Cl)cc2)c(C=N)cc1F. The Hall–Kier alpha value is -2.65. The van der Waals surface area contributed by atoms with Gasteiger partial charge in [0.2, 0.25) is 0 Å². The van der Waals surface area contributed by atoms with Crippen molar-refractivity contribution in [3.8, 4) is 11.1 Å². The first-order valence-electron chi connectivity index (χ1n) is 7.51. The van der Waals surface area contributed by atoms with Crippen molar-refractivity contribution in [2.24, 2.45) is 0 Å². The standard InChI is InChI=1S/C20H16ClFN2/c1-13-10-20(15(12-23)11-19(13)22)24-16-8-6-14(7-9-16)17-4-2-3-5-18(17)21/h2-12,23-24H,1H3. The molecule has 0 spiro atoms. The second kappa shape index (κ2) is 6.85. The Morgan fingerprint density at radius 1 is 1.04 bits per heavy atom. The van der Waals surface area contributed by atoms with E-state index in [4.69, 9.17) is 17.0 Å². The quantitative estimate of drug-likeness (QED) is 0.546. The minimum Gasteiger partial charge on any atom is -0.355 e. The zero-order valence-electron chi connectivity index (χ0n) is 13.1. The molecule has 0 aliphatic rings. The molecule has 3 rings (SSSR count). The first kappa shape index (κ1) is 16.2. The molecule has 4 heteroatoms. The lowest BCUT2D eigenvalue weighted by molar-refractivity contribution is 0.618. The number of nitrogens with one attached hydrogen (secondary N) is 2. The molecule has 120 valence electrons. The minimum absolute atomic E-state index is 0.312. The monoisotopic (exact) mass is 338 g/mol. The molecule has 0 aromatic heterocycles. The second-order valence-corrected chi connectivity index (χ2v) is 5.92.